The van der Waals surface area contributed by atoms with E-state index in [0.717, 1.165) is 6.42 Å². The first-order valence-corrected chi connectivity index (χ1v) is 6.54. The highest BCUT2D eigenvalue weighted by atomic mass is 79.9. The molecule has 6 heteroatoms. The van der Waals surface area contributed by atoms with Crippen molar-refractivity contribution in [2.45, 2.75) is 6.42 Å². The number of hydrogen-bond acceptors (Lipinski definition) is 4. The quantitative estimate of drug-likeness (QED) is 0.677. The van der Waals surface area contributed by atoms with Crippen LogP contribution in [0.2, 0.25) is 0 Å². The number of pyridine rings is 1. The zero-order chi connectivity index (χ0) is 13.7. The molecule has 19 heavy (non-hydrogen) atoms. The zero-order valence-electron chi connectivity index (χ0n) is 10.0. The van der Waals surface area contributed by atoms with Gasteiger partial charge in [-0.1, -0.05) is 30.3 Å². The van der Waals surface area contributed by atoms with Crippen LogP contribution in [-0.2, 0) is 6.42 Å². The number of nitrogens with one attached hydrogen (secondary N) is 1. The normalized spacial score (nSPS) is 10.2. The summed E-state index contributed by atoms with van der Waals surface area (Å²) >= 11 is 3.17. The summed E-state index contributed by atoms with van der Waals surface area (Å²) in [7, 11) is 0. The fraction of sp³-hybridized carbons (Fsp3) is 0.154. The minimum Gasteiger partial charge on any atom is -0.364 e. The van der Waals surface area contributed by atoms with Gasteiger partial charge in [-0.15, -0.1) is 0 Å². The SMILES string of the molecule is O=[N+]([O-])c1cc(Br)cnc1NCCc1ccccc1. The van der Waals surface area contributed by atoms with Crippen molar-refractivity contribution in [2.24, 2.45) is 0 Å². The van der Waals surface area contributed by atoms with Gasteiger partial charge in [-0.2, -0.15) is 0 Å². The van der Waals surface area contributed by atoms with Crippen LogP contribution in [0, 0.1) is 10.1 Å². The number of anilines is 1. The van der Waals surface area contributed by atoms with E-state index >= 15 is 0 Å². The van der Waals surface area contributed by atoms with E-state index in [1.54, 1.807) is 0 Å². The molecule has 98 valence electrons. The minimum atomic E-state index is -0.442. The maximum Gasteiger partial charge on any atom is 0.312 e. The predicted molar refractivity (Wildman–Crippen MR) is 77.2 cm³/mol. The summed E-state index contributed by atoms with van der Waals surface area (Å²) in [6.07, 6.45) is 2.33. The Morgan fingerprint density at radius 3 is 2.74 bits per heavy atom. The number of rotatable bonds is 5. The van der Waals surface area contributed by atoms with Gasteiger partial charge in [0, 0.05) is 23.3 Å². The molecule has 0 atom stereocenters. The van der Waals surface area contributed by atoms with Gasteiger partial charge >= 0.3 is 5.69 Å². The highest BCUT2D eigenvalue weighted by Crippen LogP contribution is 2.25. The molecule has 0 bridgehead atoms. The van der Waals surface area contributed by atoms with Crippen molar-refractivity contribution >= 4 is 27.4 Å². The molecule has 0 amide bonds. The lowest BCUT2D eigenvalue weighted by atomic mass is 10.1. The van der Waals surface area contributed by atoms with E-state index in [9.17, 15) is 10.1 Å². The Kier molecular flexibility index (Phi) is 4.46. The van der Waals surface area contributed by atoms with Gasteiger partial charge in [-0.3, -0.25) is 10.1 Å². The van der Waals surface area contributed by atoms with E-state index in [0.29, 0.717) is 16.8 Å². The molecule has 1 heterocycles. The van der Waals surface area contributed by atoms with Crippen LogP contribution in [-0.4, -0.2) is 16.5 Å². The van der Waals surface area contributed by atoms with Gasteiger partial charge in [0.15, 0.2) is 0 Å². The smallest absolute Gasteiger partial charge is 0.312 e. The average Bonchev–Trinajstić information content (AvgIpc) is 2.41. The summed E-state index contributed by atoms with van der Waals surface area (Å²) in [5.74, 6) is 0.295. The Morgan fingerprint density at radius 2 is 2.05 bits per heavy atom. The highest BCUT2D eigenvalue weighted by Gasteiger charge is 2.15. The molecule has 0 aliphatic rings. The first-order valence-electron chi connectivity index (χ1n) is 5.74. The number of halogens is 1. The number of nitro groups is 1. The van der Waals surface area contributed by atoms with Gasteiger partial charge in [0.2, 0.25) is 5.82 Å². The second-order valence-electron chi connectivity index (χ2n) is 3.94. The summed E-state index contributed by atoms with van der Waals surface area (Å²) in [6, 6.07) is 11.4. The standard InChI is InChI=1S/C13H12BrN3O2/c14-11-8-12(17(18)19)13(16-9-11)15-7-6-10-4-2-1-3-5-10/h1-5,8-9H,6-7H2,(H,15,16). The van der Waals surface area contributed by atoms with Crippen LogP contribution in [0.5, 0.6) is 0 Å². The third-order valence-corrected chi connectivity index (χ3v) is 3.01. The van der Waals surface area contributed by atoms with Gasteiger partial charge < -0.3 is 5.32 Å². The second-order valence-corrected chi connectivity index (χ2v) is 4.86. The molecular weight excluding hydrogens is 310 g/mol. The molecule has 0 aliphatic carbocycles. The molecule has 0 saturated carbocycles. The van der Waals surface area contributed by atoms with Gasteiger partial charge in [0.25, 0.3) is 0 Å². The van der Waals surface area contributed by atoms with Crippen LogP contribution in [0.15, 0.2) is 47.1 Å². The molecule has 1 aromatic heterocycles. The number of aromatic nitrogens is 1. The van der Waals surface area contributed by atoms with Crippen LogP contribution < -0.4 is 5.32 Å². The second kappa shape index (κ2) is 6.29. The van der Waals surface area contributed by atoms with E-state index in [-0.39, 0.29) is 5.69 Å². The first kappa shape index (κ1) is 13.5. The van der Waals surface area contributed by atoms with E-state index in [1.807, 2.05) is 30.3 Å². The summed E-state index contributed by atoms with van der Waals surface area (Å²) in [5.41, 5.74) is 1.15. The molecule has 0 saturated heterocycles. The van der Waals surface area contributed by atoms with E-state index in [2.05, 4.69) is 26.2 Å². The van der Waals surface area contributed by atoms with Crippen molar-refractivity contribution in [2.75, 3.05) is 11.9 Å². The van der Waals surface area contributed by atoms with Crippen LogP contribution in [0.1, 0.15) is 5.56 Å². The maximum atomic E-state index is 10.9. The topological polar surface area (TPSA) is 68.1 Å². The molecule has 2 rings (SSSR count). The number of benzene rings is 1. The van der Waals surface area contributed by atoms with Crippen LogP contribution in [0.3, 0.4) is 0 Å². The van der Waals surface area contributed by atoms with E-state index in [1.165, 1.54) is 17.8 Å². The lowest BCUT2D eigenvalue weighted by Crippen LogP contribution is -2.08. The summed E-state index contributed by atoms with van der Waals surface area (Å²) in [6.45, 7) is 0.597. The minimum absolute atomic E-state index is 0.0255. The predicted octanol–water partition coefficient (Wildman–Crippen LogP) is 3.41. The largest absolute Gasteiger partial charge is 0.364 e. The monoisotopic (exact) mass is 321 g/mol. The molecule has 2 aromatic rings. The molecule has 0 fully saturated rings. The van der Waals surface area contributed by atoms with Crippen molar-refractivity contribution in [3.8, 4) is 0 Å². The summed E-state index contributed by atoms with van der Waals surface area (Å²) < 4.78 is 0.591. The number of hydrogen-bond donors (Lipinski definition) is 1. The fourth-order valence-electron chi connectivity index (χ4n) is 1.67. The van der Waals surface area contributed by atoms with Crippen LogP contribution in [0.25, 0.3) is 0 Å². The molecule has 1 N–H and O–H groups in total. The van der Waals surface area contributed by atoms with Crippen molar-refractivity contribution < 1.29 is 4.92 Å². The molecule has 5 nitrogen and oxygen atoms in total. The van der Waals surface area contributed by atoms with Crippen molar-refractivity contribution in [1.29, 1.82) is 0 Å². The van der Waals surface area contributed by atoms with Gasteiger partial charge in [-0.25, -0.2) is 4.98 Å². The highest BCUT2D eigenvalue weighted by molar-refractivity contribution is 9.10. The molecule has 0 aliphatic heterocycles. The van der Waals surface area contributed by atoms with Gasteiger partial charge in [-0.05, 0) is 27.9 Å². The summed E-state index contributed by atoms with van der Waals surface area (Å²) in [4.78, 5) is 14.5. The first-order chi connectivity index (χ1) is 9.16. The molecule has 0 radical (unpaired) electrons. The lowest BCUT2D eigenvalue weighted by Gasteiger charge is -2.06. The summed E-state index contributed by atoms with van der Waals surface area (Å²) in [5, 5.41) is 13.9. The van der Waals surface area contributed by atoms with Crippen molar-refractivity contribution in [3.05, 3.63) is 62.7 Å². The Balaban J connectivity index is 2.02. The molecule has 0 unspecified atom stereocenters. The molecular formula is C13H12BrN3O2. The third kappa shape index (κ3) is 3.75. The van der Waals surface area contributed by atoms with Crippen LogP contribution >= 0.6 is 15.9 Å². The fourth-order valence-corrected chi connectivity index (χ4v) is 1.99. The molecule has 1 aromatic carbocycles. The third-order valence-electron chi connectivity index (χ3n) is 2.58. The maximum absolute atomic E-state index is 10.9. The average molecular weight is 322 g/mol. The van der Waals surface area contributed by atoms with E-state index < -0.39 is 4.92 Å². The van der Waals surface area contributed by atoms with E-state index in [4.69, 9.17) is 0 Å². The van der Waals surface area contributed by atoms with Crippen molar-refractivity contribution in [3.63, 3.8) is 0 Å². The zero-order valence-corrected chi connectivity index (χ0v) is 11.6. The Bertz CT molecular complexity index is 575. The number of nitrogens with zero attached hydrogens (tertiary/aromatic N) is 2. The lowest BCUT2D eigenvalue weighted by molar-refractivity contribution is -0.384. The molecule has 0 spiro atoms. The van der Waals surface area contributed by atoms with Crippen molar-refractivity contribution in [1.82, 2.24) is 4.98 Å². The Morgan fingerprint density at radius 1 is 1.32 bits per heavy atom. The Hall–Kier alpha value is -1.95. The van der Waals surface area contributed by atoms with Gasteiger partial charge in [0.05, 0.1) is 4.92 Å². The van der Waals surface area contributed by atoms with Crippen LogP contribution in [0.4, 0.5) is 11.5 Å². The van der Waals surface area contributed by atoms with Gasteiger partial charge in [0.1, 0.15) is 0 Å². The Labute approximate surface area is 119 Å².